The fourth-order valence-electron chi connectivity index (χ4n) is 1.04. The molecule has 0 radical (unpaired) electrons. The third-order valence-corrected chi connectivity index (χ3v) is 1.80. The van der Waals surface area contributed by atoms with E-state index in [0.717, 1.165) is 12.1 Å². The van der Waals surface area contributed by atoms with Crippen LogP contribution in [-0.4, -0.2) is 19.1 Å². The second kappa shape index (κ2) is 9.71. The largest absolute Gasteiger partial charge is 0.370 e. The van der Waals surface area contributed by atoms with Gasteiger partial charge in [-0.25, -0.2) is 4.79 Å². The van der Waals surface area contributed by atoms with Crippen molar-refractivity contribution >= 4 is 18.4 Å². The number of hydrogen-bond donors (Lipinski definition) is 2. The molecule has 3 N–H and O–H groups in total. The van der Waals surface area contributed by atoms with Crippen molar-refractivity contribution in [3.63, 3.8) is 0 Å². The van der Waals surface area contributed by atoms with E-state index in [-0.39, 0.29) is 12.4 Å². The minimum Gasteiger partial charge on any atom is -0.370 e. The van der Waals surface area contributed by atoms with Gasteiger partial charge in [0.05, 0.1) is 0 Å². The highest BCUT2D eigenvalue weighted by Gasteiger charge is 2.10. The molecule has 15 heavy (non-hydrogen) atoms. The Morgan fingerprint density at radius 3 is 2.53 bits per heavy atom. The van der Waals surface area contributed by atoms with Crippen LogP contribution in [0.3, 0.4) is 0 Å². The number of rotatable bonds is 6. The molecule has 0 aliphatic rings. The Kier molecular flexibility index (Phi) is 10.7. The molecule has 5 heteroatoms. The molecule has 0 saturated carbocycles. The number of carbonyl (C=O) groups is 1. The lowest BCUT2D eigenvalue weighted by Gasteiger charge is -2.07. The molecule has 0 bridgehead atoms. The first-order valence-corrected chi connectivity index (χ1v) is 4.52. The van der Waals surface area contributed by atoms with Gasteiger partial charge in [0.15, 0.2) is 0 Å². The van der Waals surface area contributed by atoms with Crippen LogP contribution in [0.1, 0.15) is 20.3 Å². The molecule has 0 atom stereocenters. The van der Waals surface area contributed by atoms with E-state index in [9.17, 15) is 4.79 Å². The first-order valence-electron chi connectivity index (χ1n) is 4.52. The fourth-order valence-corrected chi connectivity index (χ4v) is 1.04. The molecule has 0 aromatic carbocycles. The van der Waals surface area contributed by atoms with Crippen LogP contribution in [0.4, 0.5) is 0 Å². The van der Waals surface area contributed by atoms with Crippen molar-refractivity contribution in [3.05, 3.63) is 23.8 Å². The predicted molar refractivity (Wildman–Crippen MR) is 63.6 cm³/mol. The van der Waals surface area contributed by atoms with Crippen LogP contribution < -0.4 is 11.2 Å². The van der Waals surface area contributed by atoms with Gasteiger partial charge >= 0.3 is 5.97 Å². The summed E-state index contributed by atoms with van der Waals surface area (Å²) >= 11 is 0. The van der Waals surface area contributed by atoms with Gasteiger partial charge in [-0.15, -0.1) is 19.0 Å². The molecule has 4 nitrogen and oxygen atoms in total. The number of carbonyl (C=O) groups excluding carboxylic acids is 1. The SMILES string of the molecule is C=CCNCCC(C(=O)ON)=C(C)C.Cl. The molecular weight excluding hydrogens is 216 g/mol. The lowest BCUT2D eigenvalue weighted by Crippen LogP contribution is -2.20. The summed E-state index contributed by atoms with van der Waals surface area (Å²) in [6, 6.07) is 0. The Hall–Kier alpha value is -0.840. The summed E-state index contributed by atoms with van der Waals surface area (Å²) in [5.41, 5.74) is 1.56. The molecule has 0 aliphatic carbocycles. The van der Waals surface area contributed by atoms with E-state index in [2.05, 4.69) is 16.7 Å². The number of allylic oxidation sites excluding steroid dienone is 1. The minimum atomic E-state index is -0.453. The van der Waals surface area contributed by atoms with Gasteiger partial charge in [0.25, 0.3) is 0 Å². The highest BCUT2D eigenvalue weighted by Crippen LogP contribution is 2.08. The van der Waals surface area contributed by atoms with Crippen molar-refractivity contribution in [1.29, 1.82) is 0 Å². The van der Waals surface area contributed by atoms with Crippen LogP contribution in [0.2, 0.25) is 0 Å². The topological polar surface area (TPSA) is 64.3 Å². The van der Waals surface area contributed by atoms with Crippen LogP contribution in [-0.2, 0) is 9.63 Å². The molecule has 0 spiro atoms. The summed E-state index contributed by atoms with van der Waals surface area (Å²) in [6.45, 7) is 8.74. The monoisotopic (exact) mass is 234 g/mol. The van der Waals surface area contributed by atoms with Gasteiger partial charge in [-0.2, -0.15) is 5.90 Å². The Bertz CT molecular complexity index is 236. The van der Waals surface area contributed by atoms with Crippen molar-refractivity contribution in [2.24, 2.45) is 5.90 Å². The van der Waals surface area contributed by atoms with Gasteiger partial charge in [-0.3, -0.25) is 0 Å². The molecule has 0 unspecified atom stereocenters. The van der Waals surface area contributed by atoms with E-state index in [0.29, 0.717) is 18.5 Å². The maximum absolute atomic E-state index is 11.2. The molecule has 0 saturated heterocycles. The van der Waals surface area contributed by atoms with Crippen molar-refractivity contribution in [2.45, 2.75) is 20.3 Å². The molecule has 0 heterocycles. The Morgan fingerprint density at radius 1 is 1.53 bits per heavy atom. The standard InChI is InChI=1S/C10H18N2O2.ClH/c1-4-6-12-7-5-9(8(2)3)10(13)14-11;/h4,12H,1,5-7,11H2,2-3H3;1H. The first kappa shape index (κ1) is 16.6. The third-order valence-electron chi connectivity index (χ3n) is 1.80. The maximum atomic E-state index is 11.2. The lowest BCUT2D eigenvalue weighted by molar-refractivity contribution is -0.139. The third kappa shape index (κ3) is 7.13. The van der Waals surface area contributed by atoms with Crippen molar-refractivity contribution in [2.75, 3.05) is 13.1 Å². The summed E-state index contributed by atoms with van der Waals surface area (Å²) in [5.74, 6) is 4.37. The quantitative estimate of drug-likeness (QED) is 0.315. The summed E-state index contributed by atoms with van der Waals surface area (Å²) in [6.07, 6.45) is 2.38. The molecule has 0 rings (SSSR count). The second-order valence-electron chi connectivity index (χ2n) is 3.13. The molecule has 0 aromatic rings. The van der Waals surface area contributed by atoms with Gasteiger partial charge in [0.2, 0.25) is 0 Å². The average molecular weight is 235 g/mol. The summed E-state index contributed by atoms with van der Waals surface area (Å²) in [7, 11) is 0. The van der Waals surface area contributed by atoms with E-state index < -0.39 is 5.97 Å². The Labute approximate surface area is 96.9 Å². The summed E-state index contributed by atoms with van der Waals surface area (Å²) in [5, 5.41) is 3.10. The Morgan fingerprint density at radius 2 is 2.13 bits per heavy atom. The number of halogens is 1. The zero-order valence-electron chi connectivity index (χ0n) is 9.21. The van der Waals surface area contributed by atoms with E-state index in [4.69, 9.17) is 5.90 Å². The van der Waals surface area contributed by atoms with Crippen LogP contribution in [0.25, 0.3) is 0 Å². The van der Waals surface area contributed by atoms with Gasteiger partial charge in [0, 0.05) is 12.1 Å². The van der Waals surface area contributed by atoms with E-state index >= 15 is 0 Å². The van der Waals surface area contributed by atoms with Gasteiger partial charge in [-0.05, 0) is 26.8 Å². The van der Waals surface area contributed by atoms with Crippen LogP contribution in [0.5, 0.6) is 0 Å². The number of hydrogen-bond acceptors (Lipinski definition) is 4. The predicted octanol–water partition coefficient (Wildman–Crippen LogP) is 1.33. The van der Waals surface area contributed by atoms with Crippen LogP contribution in [0, 0.1) is 0 Å². The normalized spacial score (nSPS) is 8.73. The molecule has 0 aliphatic heterocycles. The highest BCUT2D eigenvalue weighted by atomic mass is 35.5. The minimum absolute atomic E-state index is 0. The second-order valence-corrected chi connectivity index (χ2v) is 3.13. The maximum Gasteiger partial charge on any atom is 0.352 e. The van der Waals surface area contributed by atoms with Crippen LogP contribution in [0.15, 0.2) is 23.8 Å². The van der Waals surface area contributed by atoms with Gasteiger partial charge in [0.1, 0.15) is 0 Å². The summed E-state index contributed by atoms with van der Waals surface area (Å²) < 4.78 is 0. The zero-order valence-corrected chi connectivity index (χ0v) is 10.0. The van der Waals surface area contributed by atoms with E-state index in [1.807, 2.05) is 13.8 Å². The average Bonchev–Trinajstić information content (AvgIpc) is 2.16. The smallest absolute Gasteiger partial charge is 0.352 e. The van der Waals surface area contributed by atoms with E-state index in [1.165, 1.54) is 0 Å². The number of nitrogens with one attached hydrogen (secondary N) is 1. The molecule has 0 amide bonds. The van der Waals surface area contributed by atoms with E-state index in [1.54, 1.807) is 6.08 Å². The van der Waals surface area contributed by atoms with Gasteiger partial charge in [-0.1, -0.05) is 11.6 Å². The van der Waals surface area contributed by atoms with Crippen molar-refractivity contribution < 1.29 is 9.63 Å². The molecule has 0 fully saturated rings. The zero-order chi connectivity index (χ0) is 11.0. The Balaban J connectivity index is 0. The lowest BCUT2D eigenvalue weighted by atomic mass is 10.1. The fraction of sp³-hybridized carbons (Fsp3) is 0.500. The molecule has 0 aromatic heterocycles. The van der Waals surface area contributed by atoms with Crippen molar-refractivity contribution in [3.8, 4) is 0 Å². The highest BCUT2D eigenvalue weighted by molar-refractivity contribution is 5.88. The first-order chi connectivity index (χ1) is 6.63. The molecule has 88 valence electrons. The molecular formula is C10H19ClN2O2. The van der Waals surface area contributed by atoms with Gasteiger partial charge < -0.3 is 10.2 Å². The van der Waals surface area contributed by atoms with Crippen molar-refractivity contribution in [1.82, 2.24) is 5.32 Å². The number of nitrogens with two attached hydrogens (primary N) is 1. The van der Waals surface area contributed by atoms with Crippen LogP contribution >= 0.6 is 12.4 Å². The summed E-state index contributed by atoms with van der Waals surface area (Å²) in [4.78, 5) is 15.4.